The molecule has 1 aromatic rings. The van der Waals surface area contributed by atoms with Gasteiger partial charge in [0, 0.05) is 36.3 Å². The zero-order valence-electron chi connectivity index (χ0n) is 15.1. The van der Waals surface area contributed by atoms with Gasteiger partial charge < -0.3 is 15.5 Å². The molecule has 1 heterocycles. The lowest BCUT2D eigenvalue weighted by Gasteiger charge is -2.32. The normalized spacial score (nSPS) is 18.5. The van der Waals surface area contributed by atoms with E-state index in [1.165, 1.54) is 0 Å². The molecule has 1 aliphatic rings. The Labute approximate surface area is 155 Å². The summed E-state index contributed by atoms with van der Waals surface area (Å²) in [5.41, 5.74) is 0.740. The Morgan fingerprint density at radius 1 is 1.32 bits per heavy atom. The molecule has 1 aliphatic heterocycles. The van der Waals surface area contributed by atoms with Gasteiger partial charge in [-0.25, -0.2) is 4.79 Å². The fourth-order valence-electron chi connectivity index (χ4n) is 3.01. The topological polar surface area (TPSA) is 61.4 Å². The standard InChI is InChI=1S/C19H28ClN3O2/c1-3-14(2)21-18(24)11-6-15-5-4-12-23(13-15)19(25)22-17-9-7-16(20)8-10-17/h7-10,14-15H,3-6,11-13H2,1-2H3,(H,21,24)(H,22,25)/t14-,15-/m1/s1. The number of carbonyl (C=O) groups excluding carboxylic acids is 2. The highest BCUT2D eigenvalue weighted by Gasteiger charge is 2.24. The minimum Gasteiger partial charge on any atom is -0.354 e. The zero-order valence-corrected chi connectivity index (χ0v) is 15.8. The lowest BCUT2D eigenvalue weighted by Crippen LogP contribution is -2.42. The first kappa shape index (κ1) is 19.6. The molecule has 0 radical (unpaired) electrons. The van der Waals surface area contributed by atoms with E-state index in [0.717, 1.165) is 37.9 Å². The van der Waals surface area contributed by atoms with Crippen LogP contribution in [-0.2, 0) is 4.79 Å². The molecule has 1 saturated heterocycles. The first-order valence-electron chi connectivity index (χ1n) is 9.08. The van der Waals surface area contributed by atoms with Crippen LogP contribution in [0.25, 0.3) is 0 Å². The first-order chi connectivity index (χ1) is 12.0. The van der Waals surface area contributed by atoms with Gasteiger partial charge in [0.05, 0.1) is 0 Å². The molecule has 6 heteroatoms. The second-order valence-corrected chi connectivity index (χ2v) is 7.24. The van der Waals surface area contributed by atoms with Crippen LogP contribution < -0.4 is 10.6 Å². The SMILES string of the molecule is CC[C@@H](C)NC(=O)CC[C@H]1CCCN(C(=O)Nc2ccc(Cl)cc2)C1. The van der Waals surface area contributed by atoms with Crippen LogP contribution in [0, 0.1) is 5.92 Å². The van der Waals surface area contributed by atoms with Crippen molar-refractivity contribution >= 4 is 29.2 Å². The van der Waals surface area contributed by atoms with Gasteiger partial charge >= 0.3 is 6.03 Å². The number of nitrogens with zero attached hydrogens (tertiary/aromatic N) is 1. The number of carbonyl (C=O) groups is 2. The van der Waals surface area contributed by atoms with Crippen molar-refractivity contribution in [3.05, 3.63) is 29.3 Å². The summed E-state index contributed by atoms with van der Waals surface area (Å²) in [5.74, 6) is 0.490. The second-order valence-electron chi connectivity index (χ2n) is 6.81. The van der Waals surface area contributed by atoms with Crippen molar-refractivity contribution in [1.82, 2.24) is 10.2 Å². The zero-order chi connectivity index (χ0) is 18.2. The molecule has 0 aliphatic carbocycles. The summed E-state index contributed by atoms with van der Waals surface area (Å²) in [5, 5.41) is 6.55. The summed E-state index contributed by atoms with van der Waals surface area (Å²) in [4.78, 5) is 26.2. The van der Waals surface area contributed by atoms with Crippen molar-refractivity contribution in [2.24, 2.45) is 5.92 Å². The summed E-state index contributed by atoms with van der Waals surface area (Å²) in [6, 6.07) is 7.23. The van der Waals surface area contributed by atoms with E-state index in [2.05, 4.69) is 17.6 Å². The van der Waals surface area contributed by atoms with Crippen molar-refractivity contribution in [2.75, 3.05) is 18.4 Å². The largest absolute Gasteiger partial charge is 0.354 e. The minimum atomic E-state index is -0.0870. The number of amides is 3. The van der Waals surface area contributed by atoms with E-state index < -0.39 is 0 Å². The third-order valence-electron chi connectivity index (χ3n) is 4.70. The number of urea groups is 1. The van der Waals surface area contributed by atoms with E-state index in [0.29, 0.717) is 23.9 Å². The Morgan fingerprint density at radius 2 is 2.04 bits per heavy atom. The van der Waals surface area contributed by atoms with Gasteiger partial charge in [-0.05, 0) is 62.8 Å². The molecule has 0 bridgehead atoms. The molecule has 2 atom stereocenters. The number of hydrogen-bond donors (Lipinski definition) is 2. The fraction of sp³-hybridized carbons (Fsp3) is 0.579. The molecule has 25 heavy (non-hydrogen) atoms. The molecule has 1 aromatic carbocycles. The number of halogens is 1. The van der Waals surface area contributed by atoms with Gasteiger partial charge in [0.25, 0.3) is 0 Å². The first-order valence-corrected chi connectivity index (χ1v) is 9.46. The number of piperidine rings is 1. The van der Waals surface area contributed by atoms with Crippen molar-refractivity contribution < 1.29 is 9.59 Å². The van der Waals surface area contributed by atoms with E-state index >= 15 is 0 Å². The van der Waals surface area contributed by atoms with Gasteiger partial charge in [0.15, 0.2) is 0 Å². The maximum Gasteiger partial charge on any atom is 0.321 e. The predicted molar refractivity (Wildman–Crippen MR) is 102 cm³/mol. The Morgan fingerprint density at radius 3 is 2.72 bits per heavy atom. The molecule has 0 aromatic heterocycles. The number of anilines is 1. The van der Waals surface area contributed by atoms with E-state index in [4.69, 9.17) is 11.6 Å². The molecule has 0 spiro atoms. The van der Waals surface area contributed by atoms with Gasteiger partial charge in [-0.15, -0.1) is 0 Å². The summed E-state index contributed by atoms with van der Waals surface area (Å²) in [6.45, 7) is 5.54. The average molecular weight is 366 g/mol. The lowest BCUT2D eigenvalue weighted by atomic mass is 9.93. The Kier molecular flexibility index (Phi) is 7.56. The van der Waals surface area contributed by atoms with Gasteiger partial charge in [-0.1, -0.05) is 18.5 Å². The third-order valence-corrected chi connectivity index (χ3v) is 4.95. The molecule has 0 unspecified atom stereocenters. The van der Waals surface area contributed by atoms with Crippen molar-refractivity contribution in [2.45, 2.75) is 52.0 Å². The highest BCUT2D eigenvalue weighted by Crippen LogP contribution is 2.22. The van der Waals surface area contributed by atoms with Gasteiger partial charge in [0.2, 0.25) is 5.91 Å². The molecule has 2 rings (SSSR count). The van der Waals surface area contributed by atoms with Crippen LogP contribution >= 0.6 is 11.6 Å². The smallest absolute Gasteiger partial charge is 0.321 e. The minimum absolute atomic E-state index is 0.0870. The fourth-order valence-corrected chi connectivity index (χ4v) is 3.13. The van der Waals surface area contributed by atoms with Crippen LogP contribution in [0.1, 0.15) is 46.0 Å². The van der Waals surface area contributed by atoms with E-state index in [9.17, 15) is 9.59 Å². The third kappa shape index (κ3) is 6.58. The van der Waals surface area contributed by atoms with Gasteiger partial charge in [0.1, 0.15) is 0 Å². The van der Waals surface area contributed by atoms with Crippen LogP contribution in [0.3, 0.4) is 0 Å². The lowest BCUT2D eigenvalue weighted by molar-refractivity contribution is -0.122. The van der Waals surface area contributed by atoms with Crippen molar-refractivity contribution in [3.8, 4) is 0 Å². The second kappa shape index (κ2) is 9.66. The highest BCUT2D eigenvalue weighted by molar-refractivity contribution is 6.30. The highest BCUT2D eigenvalue weighted by atomic mass is 35.5. The van der Waals surface area contributed by atoms with Gasteiger partial charge in [-0.3, -0.25) is 4.79 Å². The quantitative estimate of drug-likeness (QED) is 0.790. The number of hydrogen-bond acceptors (Lipinski definition) is 2. The van der Waals surface area contributed by atoms with Crippen LogP contribution in [0.4, 0.5) is 10.5 Å². The number of rotatable bonds is 6. The van der Waals surface area contributed by atoms with Crippen molar-refractivity contribution in [3.63, 3.8) is 0 Å². The van der Waals surface area contributed by atoms with E-state index in [1.807, 2.05) is 11.8 Å². The molecule has 3 amide bonds. The molecule has 1 fully saturated rings. The van der Waals surface area contributed by atoms with Crippen LogP contribution in [0.15, 0.2) is 24.3 Å². The van der Waals surface area contributed by atoms with Crippen molar-refractivity contribution in [1.29, 1.82) is 0 Å². The maximum absolute atomic E-state index is 12.4. The van der Waals surface area contributed by atoms with Crippen LogP contribution in [-0.4, -0.2) is 36.0 Å². The Hall–Kier alpha value is -1.75. The molecule has 5 nitrogen and oxygen atoms in total. The molecule has 138 valence electrons. The summed E-state index contributed by atoms with van der Waals surface area (Å²) < 4.78 is 0. The number of benzene rings is 1. The average Bonchev–Trinajstić information content (AvgIpc) is 2.62. The summed E-state index contributed by atoms with van der Waals surface area (Å²) >= 11 is 5.86. The Bertz CT molecular complexity index is 577. The molecular weight excluding hydrogens is 338 g/mol. The summed E-state index contributed by atoms with van der Waals surface area (Å²) in [7, 11) is 0. The molecular formula is C19H28ClN3O2. The van der Waals surface area contributed by atoms with E-state index in [1.54, 1.807) is 24.3 Å². The monoisotopic (exact) mass is 365 g/mol. The van der Waals surface area contributed by atoms with Crippen LogP contribution in [0.5, 0.6) is 0 Å². The predicted octanol–water partition coefficient (Wildman–Crippen LogP) is 4.28. The molecule has 0 saturated carbocycles. The Balaban J connectivity index is 1.78. The van der Waals surface area contributed by atoms with Gasteiger partial charge in [-0.2, -0.15) is 0 Å². The number of nitrogens with one attached hydrogen (secondary N) is 2. The summed E-state index contributed by atoms with van der Waals surface area (Å²) in [6.07, 6.45) is 4.34. The maximum atomic E-state index is 12.4. The van der Waals surface area contributed by atoms with Crippen LogP contribution in [0.2, 0.25) is 5.02 Å². The molecule has 2 N–H and O–H groups in total. The number of likely N-dealkylation sites (tertiary alicyclic amines) is 1. The van der Waals surface area contributed by atoms with E-state index in [-0.39, 0.29) is 18.0 Å².